The molecule has 0 aliphatic rings. The fourth-order valence-electron chi connectivity index (χ4n) is 1.16. The maximum atomic E-state index is 11.6. The summed E-state index contributed by atoms with van der Waals surface area (Å²) in [7, 11) is 0. The van der Waals surface area contributed by atoms with Gasteiger partial charge in [0.05, 0.1) is 4.88 Å². The molecule has 0 fully saturated rings. The number of hydrogen-bond acceptors (Lipinski definition) is 3. The molecule has 3 nitrogen and oxygen atoms in total. The third kappa shape index (κ3) is 4.07. The lowest BCUT2D eigenvalue weighted by atomic mass is 10.1. The van der Waals surface area contributed by atoms with Crippen molar-refractivity contribution in [3.63, 3.8) is 0 Å². The Hall–Kier alpha value is -1.55. The molecule has 0 aromatic carbocycles. The van der Waals surface area contributed by atoms with Gasteiger partial charge in [-0.05, 0) is 32.9 Å². The molecule has 17 heavy (non-hydrogen) atoms. The van der Waals surface area contributed by atoms with Crippen LogP contribution in [0.3, 0.4) is 0 Å². The summed E-state index contributed by atoms with van der Waals surface area (Å²) in [5, 5.41) is 2.73. The fraction of sp³-hybridized carbons (Fsp3) is 0.308. The van der Waals surface area contributed by atoms with Crippen LogP contribution in [0.4, 0.5) is 4.79 Å². The second kappa shape index (κ2) is 5.19. The van der Waals surface area contributed by atoms with E-state index in [1.807, 2.05) is 20.8 Å². The average Bonchev–Trinajstić information content (AvgIpc) is 2.57. The number of carbonyl (C=O) groups excluding carboxylic acids is 1. The number of nitrogens with one attached hydrogen (secondary N) is 1. The van der Waals surface area contributed by atoms with Crippen LogP contribution in [0.5, 0.6) is 5.75 Å². The highest BCUT2D eigenvalue weighted by atomic mass is 32.1. The lowest BCUT2D eigenvalue weighted by Crippen LogP contribution is -2.42. The Balaban J connectivity index is 2.80. The van der Waals surface area contributed by atoms with Gasteiger partial charge in [-0.15, -0.1) is 11.3 Å². The van der Waals surface area contributed by atoms with Crippen molar-refractivity contribution in [1.29, 1.82) is 0 Å². The SMILES string of the molecule is C=Cc1cc(OC(=O)NC(C)(C)C)c(C=C)s1. The Kier molecular flexibility index (Phi) is 4.12. The summed E-state index contributed by atoms with van der Waals surface area (Å²) in [6.07, 6.45) is 2.91. The van der Waals surface area contributed by atoms with Crippen molar-refractivity contribution in [2.45, 2.75) is 26.3 Å². The van der Waals surface area contributed by atoms with Gasteiger partial charge in [-0.2, -0.15) is 0 Å². The van der Waals surface area contributed by atoms with E-state index < -0.39 is 6.09 Å². The topological polar surface area (TPSA) is 38.3 Å². The van der Waals surface area contributed by atoms with Crippen molar-refractivity contribution in [2.24, 2.45) is 0 Å². The van der Waals surface area contributed by atoms with E-state index in [-0.39, 0.29) is 5.54 Å². The minimum atomic E-state index is -0.464. The largest absolute Gasteiger partial charge is 0.413 e. The third-order valence-electron chi connectivity index (χ3n) is 1.81. The summed E-state index contributed by atoms with van der Waals surface area (Å²) >= 11 is 1.48. The van der Waals surface area contributed by atoms with Crippen LogP contribution in [0.2, 0.25) is 0 Å². The molecule has 92 valence electrons. The molecule has 0 spiro atoms. The lowest BCUT2D eigenvalue weighted by Gasteiger charge is -2.19. The highest BCUT2D eigenvalue weighted by molar-refractivity contribution is 7.14. The van der Waals surface area contributed by atoms with E-state index in [9.17, 15) is 4.79 Å². The van der Waals surface area contributed by atoms with E-state index in [2.05, 4.69) is 18.5 Å². The number of rotatable bonds is 3. The van der Waals surface area contributed by atoms with Crippen LogP contribution in [-0.4, -0.2) is 11.6 Å². The Morgan fingerprint density at radius 3 is 2.53 bits per heavy atom. The van der Waals surface area contributed by atoms with Crippen LogP contribution >= 0.6 is 11.3 Å². The van der Waals surface area contributed by atoms with Gasteiger partial charge in [0, 0.05) is 10.4 Å². The fourth-order valence-corrected chi connectivity index (χ4v) is 1.95. The van der Waals surface area contributed by atoms with Crippen molar-refractivity contribution in [2.75, 3.05) is 0 Å². The number of thiophene rings is 1. The van der Waals surface area contributed by atoms with E-state index >= 15 is 0 Å². The molecule has 0 saturated heterocycles. The van der Waals surface area contributed by atoms with Crippen LogP contribution < -0.4 is 10.1 Å². The first-order valence-electron chi connectivity index (χ1n) is 5.24. The Morgan fingerprint density at radius 2 is 2.06 bits per heavy atom. The van der Waals surface area contributed by atoms with Crippen LogP contribution in [0.1, 0.15) is 30.5 Å². The van der Waals surface area contributed by atoms with Crippen molar-refractivity contribution in [3.05, 3.63) is 29.0 Å². The molecule has 0 atom stereocenters. The predicted octanol–water partition coefficient (Wildman–Crippen LogP) is 3.92. The van der Waals surface area contributed by atoms with E-state index in [0.717, 1.165) is 9.75 Å². The van der Waals surface area contributed by atoms with Crippen LogP contribution in [0.25, 0.3) is 12.2 Å². The van der Waals surface area contributed by atoms with E-state index in [1.165, 1.54) is 11.3 Å². The third-order valence-corrected chi connectivity index (χ3v) is 2.92. The normalized spacial score (nSPS) is 10.8. The van der Waals surface area contributed by atoms with Gasteiger partial charge in [-0.1, -0.05) is 19.2 Å². The zero-order valence-corrected chi connectivity index (χ0v) is 11.2. The standard InChI is InChI=1S/C13H17NO2S/c1-6-9-8-10(11(7-2)17-9)16-12(15)14-13(3,4)5/h6-8H,1-2H2,3-5H3,(H,14,15). The summed E-state index contributed by atoms with van der Waals surface area (Å²) in [4.78, 5) is 13.4. The van der Waals surface area contributed by atoms with Crippen LogP contribution in [0, 0.1) is 0 Å². The van der Waals surface area contributed by atoms with Crippen molar-refractivity contribution >= 4 is 29.6 Å². The minimum absolute atomic E-state index is 0.317. The first kappa shape index (κ1) is 13.5. The van der Waals surface area contributed by atoms with Gasteiger partial charge in [-0.25, -0.2) is 4.79 Å². The number of hydrogen-bond donors (Lipinski definition) is 1. The summed E-state index contributed by atoms with van der Waals surface area (Å²) < 4.78 is 5.24. The van der Waals surface area contributed by atoms with Gasteiger partial charge in [-0.3, -0.25) is 0 Å². The second-order valence-electron chi connectivity index (χ2n) is 4.55. The molecule has 1 aromatic heterocycles. The van der Waals surface area contributed by atoms with Gasteiger partial charge in [0.25, 0.3) is 0 Å². The van der Waals surface area contributed by atoms with E-state index in [4.69, 9.17) is 4.74 Å². The van der Waals surface area contributed by atoms with Gasteiger partial charge in [0.2, 0.25) is 0 Å². The molecule has 1 heterocycles. The Labute approximate surface area is 106 Å². The molecule has 1 amide bonds. The molecular weight excluding hydrogens is 234 g/mol. The van der Waals surface area contributed by atoms with Gasteiger partial charge < -0.3 is 10.1 Å². The maximum absolute atomic E-state index is 11.6. The monoisotopic (exact) mass is 251 g/mol. The van der Waals surface area contributed by atoms with Gasteiger partial charge in [0.1, 0.15) is 0 Å². The molecule has 0 unspecified atom stereocenters. The Morgan fingerprint density at radius 1 is 1.41 bits per heavy atom. The minimum Gasteiger partial charge on any atom is -0.409 e. The molecule has 0 bridgehead atoms. The second-order valence-corrected chi connectivity index (χ2v) is 5.67. The molecule has 0 aliphatic heterocycles. The van der Waals surface area contributed by atoms with E-state index in [1.54, 1.807) is 18.2 Å². The van der Waals surface area contributed by atoms with Crippen molar-refractivity contribution < 1.29 is 9.53 Å². The summed E-state index contributed by atoms with van der Waals surface area (Å²) in [6.45, 7) is 13.0. The molecule has 1 rings (SSSR count). The highest BCUT2D eigenvalue weighted by Gasteiger charge is 2.17. The van der Waals surface area contributed by atoms with Crippen LogP contribution in [0.15, 0.2) is 19.2 Å². The first-order chi connectivity index (χ1) is 7.85. The predicted molar refractivity (Wildman–Crippen MR) is 73.4 cm³/mol. The lowest BCUT2D eigenvalue weighted by molar-refractivity contribution is 0.191. The molecule has 1 N–H and O–H groups in total. The quantitative estimate of drug-likeness (QED) is 0.884. The van der Waals surface area contributed by atoms with E-state index in [0.29, 0.717) is 5.75 Å². The number of carbonyl (C=O) groups is 1. The smallest absolute Gasteiger partial charge is 0.409 e. The molecule has 0 saturated carbocycles. The average molecular weight is 251 g/mol. The zero-order valence-electron chi connectivity index (χ0n) is 10.4. The molecule has 0 aliphatic carbocycles. The zero-order chi connectivity index (χ0) is 13.1. The number of amides is 1. The maximum Gasteiger partial charge on any atom is 0.413 e. The first-order valence-corrected chi connectivity index (χ1v) is 6.06. The van der Waals surface area contributed by atoms with Crippen LogP contribution in [-0.2, 0) is 0 Å². The van der Waals surface area contributed by atoms with Gasteiger partial charge >= 0.3 is 6.09 Å². The van der Waals surface area contributed by atoms with Crippen molar-refractivity contribution in [1.82, 2.24) is 5.32 Å². The molecule has 0 radical (unpaired) electrons. The number of ether oxygens (including phenoxy) is 1. The summed E-state index contributed by atoms with van der Waals surface area (Å²) in [5.41, 5.74) is -0.317. The summed E-state index contributed by atoms with van der Waals surface area (Å²) in [6, 6.07) is 1.77. The highest BCUT2D eigenvalue weighted by Crippen LogP contribution is 2.31. The van der Waals surface area contributed by atoms with Crippen molar-refractivity contribution in [3.8, 4) is 5.75 Å². The Bertz CT molecular complexity index is 441. The van der Waals surface area contributed by atoms with Gasteiger partial charge in [0.15, 0.2) is 5.75 Å². The molecular formula is C13H17NO2S. The summed E-state index contributed by atoms with van der Waals surface area (Å²) in [5.74, 6) is 0.515. The molecule has 1 aromatic rings. The molecule has 4 heteroatoms.